The Morgan fingerprint density at radius 2 is 1.90 bits per heavy atom. The third-order valence-corrected chi connectivity index (χ3v) is 4.25. The van der Waals surface area contributed by atoms with Crippen LogP contribution in [0.3, 0.4) is 0 Å². The van der Waals surface area contributed by atoms with Crippen molar-refractivity contribution in [2.75, 3.05) is 26.8 Å². The molecule has 3 nitrogen and oxygen atoms in total. The van der Waals surface area contributed by atoms with Crippen molar-refractivity contribution >= 4 is 0 Å². The molecule has 1 heterocycles. The second-order valence-corrected chi connectivity index (χ2v) is 5.88. The molecule has 1 aromatic rings. The van der Waals surface area contributed by atoms with E-state index in [1.54, 1.807) is 0 Å². The lowest BCUT2D eigenvalue weighted by atomic mass is 10.0. The first-order valence-corrected chi connectivity index (χ1v) is 7.83. The van der Waals surface area contributed by atoms with Gasteiger partial charge in [-0.25, -0.2) is 0 Å². The van der Waals surface area contributed by atoms with E-state index in [9.17, 15) is 0 Å². The second kappa shape index (κ2) is 7.77. The first-order valence-electron chi connectivity index (χ1n) is 7.83. The molecular formula is C17H28N2O. The molecule has 1 fully saturated rings. The van der Waals surface area contributed by atoms with Gasteiger partial charge in [-0.05, 0) is 37.4 Å². The molecule has 1 saturated heterocycles. The lowest BCUT2D eigenvalue weighted by molar-refractivity contribution is 0.0413. The number of likely N-dealkylation sites (N-methyl/N-ethyl adjacent to an activating group) is 1. The Balaban J connectivity index is 1.88. The molecule has 0 amide bonds. The van der Waals surface area contributed by atoms with Gasteiger partial charge >= 0.3 is 0 Å². The van der Waals surface area contributed by atoms with E-state index in [1.807, 2.05) is 0 Å². The van der Waals surface area contributed by atoms with Crippen LogP contribution in [0.25, 0.3) is 0 Å². The third-order valence-electron chi connectivity index (χ3n) is 4.25. The van der Waals surface area contributed by atoms with Crippen LogP contribution < -0.4 is 5.73 Å². The van der Waals surface area contributed by atoms with Crippen LogP contribution in [0.15, 0.2) is 24.3 Å². The summed E-state index contributed by atoms with van der Waals surface area (Å²) in [5.41, 5.74) is 9.00. The van der Waals surface area contributed by atoms with Crippen molar-refractivity contribution in [3.05, 3.63) is 35.4 Å². The van der Waals surface area contributed by atoms with Crippen molar-refractivity contribution in [1.82, 2.24) is 4.90 Å². The Bertz CT molecular complexity index is 384. The van der Waals surface area contributed by atoms with Crippen LogP contribution in [0.4, 0.5) is 0 Å². The van der Waals surface area contributed by atoms with Crippen LogP contribution in [-0.4, -0.2) is 37.7 Å². The van der Waals surface area contributed by atoms with Crippen LogP contribution in [-0.2, 0) is 11.2 Å². The maximum absolute atomic E-state index is 6.35. The smallest absolute Gasteiger partial charge is 0.0480 e. The predicted octanol–water partition coefficient (Wildman–Crippen LogP) is 2.75. The molecular weight excluding hydrogens is 248 g/mol. The number of rotatable bonds is 6. The highest BCUT2D eigenvalue weighted by Crippen LogP contribution is 2.18. The van der Waals surface area contributed by atoms with Gasteiger partial charge in [0.15, 0.2) is 0 Å². The second-order valence-electron chi connectivity index (χ2n) is 5.88. The molecule has 20 heavy (non-hydrogen) atoms. The maximum atomic E-state index is 6.35. The molecule has 0 aliphatic carbocycles. The first-order chi connectivity index (χ1) is 9.70. The van der Waals surface area contributed by atoms with Gasteiger partial charge < -0.3 is 15.4 Å². The normalized spacial score (nSPS) is 18.4. The summed E-state index contributed by atoms with van der Waals surface area (Å²) in [6, 6.07) is 9.52. The summed E-state index contributed by atoms with van der Waals surface area (Å²) in [6.45, 7) is 4.90. The van der Waals surface area contributed by atoms with Crippen molar-refractivity contribution in [2.45, 2.75) is 44.7 Å². The molecule has 0 aromatic heterocycles. The van der Waals surface area contributed by atoms with Gasteiger partial charge in [0, 0.05) is 31.8 Å². The summed E-state index contributed by atoms with van der Waals surface area (Å²) in [4.78, 5) is 2.40. The number of hydrogen-bond acceptors (Lipinski definition) is 3. The topological polar surface area (TPSA) is 38.5 Å². The van der Waals surface area contributed by atoms with Crippen molar-refractivity contribution in [2.24, 2.45) is 5.73 Å². The van der Waals surface area contributed by atoms with E-state index in [0.29, 0.717) is 6.04 Å². The molecule has 1 aliphatic rings. The highest BCUT2D eigenvalue weighted by atomic mass is 16.5. The number of hydrogen-bond donors (Lipinski definition) is 1. The van der Waals surface area contributed by atoms with E-state index in [-0.39, 0.29) is 6.04 Å². The minimum atomic E-state index is 0.0959. The van der Waals surface area contributed by atoms with Gasteiger partial charge in [-0.1, -0.05) is 37.6 Å². The SMILES string of the molecule is CCCc1ccc(C(N)CN(C)C2CCOCC2)cc1. The van der Waals surface area contributed by atoms with Crippen molar-refractivity contribution < 1.29 is 4.74 Å². The lowest BCUT2D eigenvalue weighted by Crippen LogP contribution is -2.40. The van der Waals surface area contributed by atoms with Gasteiger partial charge in [0.05, 0.1) is 0 Å². The van der Waals surface area contributed by atoms with E-state index in [2.05, 4.69) is 43.1 Å². The maximum Gasteiger partial charge on any atom is 0.0480 e. The van der Waals surface area contributed by atoms with Crippen LogP contribution in [0, 0.1) is 0 Å². The number of benzene rings is 1. The Hall–Kier alpha value is -0.900. The fraction of sp³-hybridized carbons (Fsp3) is 0.647. The summed E-state index contributed by atoms with van der Waals surface area (Å²) in [5, 5.41) is 0. The van der Waals surface area contributed by atoms with Crippen molar-refractivity contribution in [3.63, 3.8) is 0 Å². The van der Waals surface area contributed by atoms with Gasteiger partial charge in [0.1, 0.15) is 0 Å². The van der Waals surface area contributed by atoms with Gasteiger partial charge in [0.25, 0.3) is 0 Å². The van der Waals surface area contributed by atoms with Crippen molar-refractivity contribution in [3.8, 4) is 0 Å². The van der Waals surface area contributed by atoms with Crippen molar-refractivity contribution in [1.29, 1.82) is 0 Å². The zero-order chi connectivity index (χ0) is 14.4. The van der Waals surface area contributed by atoms with Gasteiger partial charge in [-0.15, -0.1) is 0 Å². The highest BCUT2D eigenvalue weighted by molar-refractivity contribution is 5.25. The number of aryl methyl sites for hydroxylation is 1. The minimum absolute atomic E-state index is 0.0959. The van der Waals surface area contributed by atoms with E-state index < -0.39 is 0 Å². The zero-order valence-electron chi connectivity index (χ0n) is 12.8. The summed E-state index contributed by atoms with van der Waals surface area (Å²) >= 11 is 0. The summed E-state index contributed by atoms with van der Waals surface area (Å²) < 4.78 is 5.42. The Kier molecular flexibility index (Phi) is 6.02. The van der Waals surface area contributed by atoms with Gasteiger partial charge in [0.2, 0.25) is 0 Å². The van der Waals surface area contributed by atoms with Crippen LogP contribution in [0.5, 0.6) is 0 Å². The quantitative estimate of drug-likeness (QED) is 0.868. The molecule has 1 aromatic carbocycles. The Morgan fingerprint density at radius 1 is 1.25 bits per heavy atom. The molecule has 0 saturated carbocycles. The summed E-state index contributed by atoms with van der Waals surface area (Å²) in [7, 11) is 2.18. The molecule has 2 N–H and O–H groups in total. The molecule has 3 heteroatoms. The average molecular weight is 276 g/mol. The number of ether oxygens (including phenoxy) is 1. The zero-order valence-corrected chi connectivity index (χ0v) is 12.8. The molecule has 0 radical (unpaired) electrons. The molecule has 1 atom stereocenters. The molecule has 112 valence electrons. The molecule has 1 aliphatic heterocycles. The number of nitrogens with two attached hydrogens (primary N) is 1. The number of nitrogens with zero attached hydrogens (tertiary/aromatic N) is 1. The highest BCUT2D eigenvalue weighted by Gasteiger charge is 2.20. The van der Waals surface area contributed by atoms with E-state index in [4.69, 9.17) is 10.5 Å². The Morgan fingerprint density at radius 3 is 2.50 bits per heavy atom. The van der Waals surface area contributed by atoms with E-state index >= 15 is 0 Å². The molecule has 2 rings (SSSR count). The summed E-state index contributed by atoms with van der Waals surface area (Å²) in [5.74, 6) is 0. The standard InChI is InChI=1S/C17H28N2O/c1-3-4-14-5-7-15(8-6-14)17(18)13-19(2)16-9-11-20-12-10-16/h5-8,16-17H,3-4,9-13,18H2,1-2H3. The minimum Gasteiger partial charge on any atom is -0.381 e. The lowest BCUT2D eigenvalue weighted by Gasteiger charge is -2.32. The average Bonchev–Trinajstić information content (AvgIpc) is 2.49. The summed E-state index contributed by atoms with van der Waals surface area (Å²) in [6.07, 6.45) is 4.59. The van der Waals surface area contributed by atoms with E-state index in [1.165, 1.54) is 17.5 Å². The third kappa shape index (κ3) is 4.30. The fourth-order valence-electron chi connectivity index (χ4n) is 2.91. The molecule has 0 bridgehead atoms. The van der Waals surface area contributed by atoms with Gasteiger partial charge in [-0.2, -0.15) is 0 Å². The van der Waals surface area contributed by atoms with Crippen LogP contribution in [0.1, 0.15) is 43.4 Å². The fourth-order valence-corrected chi connectivity index (χ4v) is 2.91. The molecule has 1 unspecified atom stereocenters. The first kappa shape index (κ1) is 15.5. The van der Waals surface area contributed by atoms with E-state index in [0.717, 1.165) is 39.0 Å². The monoisotopic (exact) mass is 276 g/mol. The largest absolute Gasteiger partial charge is 0.381 e. The van der Waals surface area contributed by atoms with Crippen LogP contribution in [0.2, 0.25) is 0 Å². The molecule has 0 spiro atoms. The predicted molar refractivity (Wildman–Crippen MR) is 83.8 cm³/mol. The Labute approximate surface area is 123 Å². The van der Waals surface area contributed by atoms with Gasteiger partial charge in [-0.3, -0.25) is 0 Å². The van der Waals surface area contributed by atoms with Crippen LogP contribution >= 0.6 is 0 Å².